The topological polar surface area (TPSA) is 180 Å². The number of rotatable bonds is 1. The first-order chi connectivity index (χ1) is 7.20. The third kappa shape index (κ3) is 2.30. The minimum absolute atomic E-state index is 0.150. The van der Waals surface area contributed by atoms with E-state index in [1.165, 1.54) is 0 Å². The standard InChI is InChI=1S/C2H2N8O2.H3NO2/c11-9-1(3-5-7-9)2-4-6-8-10(2)12;2-1-3/h11-12H;1-3H. The third-order valence-electron chi connectivity index (χ3n) is 1.11. The van der Waals surface area contributed by atoms with Gasteiger partial charge in [0, 0.05) is 0 Å². The summed E-state index contributed by atoms with van der Waals surface area (Å²) in [4.78, 5) is 0.691. The molecule has 2 rings (SSSR count). The lowest BCUT2D eigenvalue weighted by Gasteiger charge is -1.91. The summed E-state index contributed by atoms with van der Waals surface area (Å²) in [6.07, 6.45) is 0. The number of hydrogen-bond acceptors (Lipinski definition) is 11. The fourth-order valence-electron chi connectivity index (χ4n) is 0.634. The Hall–Kier alpha value is -2.38. The molecule has 0 unspecified atom stereocenters. The molecule has 0 saturated carbocycles. The maximum atomic E-state index is 8.91. The summed E-state index contributed by atoms with van der Waals surface area (Å²) in [6.45, 7) is 0. The average molecular weight is 219 g/mol. The van der Waals surface area contributed by atoms with E-state index in [0.717, 1.165) is 5.64 Å². The Morgan fingerprint density at radius 3 is 1.40 bits per heavy atom. The monoisotopic (exact) mass is 219 g/mol. The van der Waals surface area contributed by atoms with E-state index in [1.54, 1.807) is 0 Å². The molecule has 2 aromatic heterocycles. The van der Waals surface area contributed by atoms with Crippen LogP contribution in [0.2, 0.25) is 0 Å². The van der Waals surface area contributed by atoms with Gasteiger partial charge in [0.1, 0.15) is 0 Å². The van der Waals surface area contributed by atoms with Crippen LogP contribution in [0.5, 0.6) is 0 Å². The Bertz CT molecular complexity index is 369. The largest absolute Gasteiger partial charge is 0.409 e. The fraction of sp³-hybridized carbons (Fsp3) is 0. The van der Waals surface area contributed by atoms with Gasteiger partial charge in [-0.1, -0.05) is 15.3 Å². The predicted octanol–water partition coefficient (Wildman–Crippen LogP) is -2.84. The average Bonchev–Trinajstić information content (AvgIpc) is 2.75. The molecular formula is C2H5N9O4. The summed E-state index contributed by atoms with van der Waals surface area (Å²) < 4.78 is 0. The normalized spacial score (nSPS) is 9.47. The molecule has 82 valence electrons. The number of nitrogens with zero attached hydrogens (tertiary/aromatic N) is 8. The SMILES string of the molecule is ONO.On1nnnc1-c1nnnn1O. The Labute approximate surface area is 80.0 Å². The van der Waals surface area contributed by atoms with E-state index in [2.05, 4.69) is 31.1 Å². The quantitative estimate of drug-likeness (QED) is 0.246. The smallest absolute Gasteiger partial charge is 0.264 e. The van der Waals surface area contributed by atoms with Crippen molar-refractivity contribution in [1.82, 2.24) is 46.4 Å². The molecule has 0 saturated heterocycles. The van der Waals surface area contributed by atoms with E-state index < -0.39 is 0 Å². The molecule has 0 bridgehead atoms. The Morgan fingerprint density at radius 2 is 1.20 bits per heavy atom. The lowest BCUT2D eigenvalue weighted by molar-refractivity contribution is -0.0678. The van der Waals surface area contributed by atoms with E-state index in [4.69, 9.17) is 20.8 Å². The number of hydrogen-bond donors (Lipinski definition) is 5. The molecule has 0 aliphatic rings. The van der Waals surface area contributed by atoms with Crippen LogP contribution >= 0.6 is 0 Å². The van der Waals surface area contributed by atoms with Crippen LogP contribution in [-0.2, 0) is 0 Å². The van der Waals surface area contributed by atoms with Crippen molar-refractivity contribution in [2.24, 2.45) is 0 Å². The first-order valence-corrected chi connectivity index (χ1v) is 3.19. The van der Waals surface area contributed by atoms with Crippen LogP contribution in [0.25, 0.3) is 11.6 Å². The molecule has 13 nitrogen and oxygen atoms in total. The minimum Gasteiger partial charge on any atom is -0.409 e. The first kappa shape index (κ1) is 10.7. The van der Waals surface area contributed by atoms with Crippen molar-refractivity contribution >= 4 is 0 Å². The van der Waals surface area contributed by atoms with Gasteiger partial charge in [0.05, 0.1) is 0 Å². The third-order valence-corrected chi connectivity index (χ3v) is 1.11. The van der Waals surface area contributed by atoms with Crippen molar-refractivity contribution in [3.8, 4) is 11.6 Å². The molecule has 2 heterocycles. The maximum absolute atomic E-state index is 8.91. The van der Waals surface area contributed by atoms with Crippen LogP contribution in [0, 0.1) is 0 Å². The van der Waals surface area contributed by atoms with Crippen molar-refractivity contribution in [3.05, 3.63) is 0 Å². The highest BCUT2D eigenvalue weighted by Crippen LogP contribution is 2.06. The molecule has 15 heavy (non-hydrogen) atoms. The lowest BCUT2D eigenvalue weighted by atomic mass is 10.6. The summed E-state index contributed by atoms with van der Waals surface area (Å²) in [7, 11) is 0. The number of nitrogens with one attached hydrogen (secondary N) is 1. The molecule has 0 aliphatic carbocycles. The summed E-state index contributed by atoms with van der Waals surface area (Å²) in [6, 6.07) is 0. The molecular weight excluding hydrogens is 214 g/mol. The molecule has 0 atom stereocenters. The van der Waals surface area contributed by atoms with E-state index in [0.29, 0.717) is 9.69 Å². The second-order valence-corrected chi connectivity index (χ2v) is 1.88. The van der Waals surface area contributed by atoms with Gasteiger partial charge >= 0.3 is 0 Å². The van der Waals surface area contributed by atoms with Crippen LogP contribution in [0.3, 0.4) is 0 Å². The van der Waals surface area contributed by atoms with E-state index in [-0.39, 0.29) is 11.6 Å². The minimum atomic E-state index is -0.150. The van der Waals surface area contributed by atoms with E-state index in [1.807, 2.05) is 0 Å². The van der Waals surface area contributed by atoms with Crippen LogP contribution in [0.4, 0.5) is 0 Å². The summed E-state index contributed by atoms with van der Waals surface area (Å²) >= 11 is 0. The zero-order valence-electron chi connectivity index (χ0n) is 6.87. The van der Waals surface area contributed by atoms with E-state index >= 15 is 0 Å². The molecule has 0 radical (unpaired) electrons. The van der Waals surface area contributed by atoms with Crippen molar-refractivity contribution < 1.29 is 20.8 Å². The van der Waals surface area contributed by atoms with Crippen LogP contribution in [0.15, 0.2) is 0 Å². The molecule has 2 aromatic rings. The molecule has 0 amide bonds. The summed E-state index contributed by atoms with van der Waals surface area (Å²) in [5.41, 5.74) is 0.750. The molecule has 5 N–H and O–H groups in total. The Morgan fingerprint density at radius 1 is 0.867 bits per heavy atom. The Kier molecular flexibility index (Phi) is 3.38. The maximum Gasteiger partial charge on any atom is 0.264 e. The molecule has 0 spiro atoms. The highest BCUT2D eigenvalue weighted by Gasteiger charge is 2.15. The van der Waals surface area contributed by atoms with Gasteiger partial charge in [0.2, 0.25) is 0 Å². The van der Waals surface area contributed by atoms with Gasteiger partial charge in [-0.05, 0) is 20.9 Å². The molecule has 0 aromatic carbocycles. The summed E-state index contributed by atoms with van der Waals surface area (Å²) in [5.74, 6) is -0.301. The number of aromatic nitrogens is 8. The molecule has 0 aliphatic heterocycles. The van der Waals surface area contributed by atoms with Crippen molar-refractivity contribution in [1.29, 1.82) is 0 Å². The van der Waals surface area contributed by atoms with Crippen LogP contribution in [0.1, 0.15) is 0 Å². The van der Waals surface area contributed by atoms with Gasteiger partial charge < -0.3 is 10.4 Å². The molecule has 0 fully saturated rings. The van der Waals surface area contributed by atoms with E-state index in [9.17, 15) is 0 Å². The number of tetrazole rings is 2. The van der Waals surface area contributed by atoms with Crippen molar-refractivity contribution in [3.63, 3.8) is 0 Å². The fourth-order valence-corrected chi connectivity index (χ4v) is 0.634. The lowest BCUT2D eigenvalue weighted by Crippen LogP contribution is -2.03. The summed E-state index contributed by atoms with van der Waals surface area (Å²) in [5, 5.41) is 50.7. The van der Waals surface area contributed by atoms with Crippen LogP contribution < -0.4 is 5.64 Å². The second kappa shape index (κ2) is 4.74. The van der Waals surface area contributed by atoms with Crippen LogP contribution in [-0.4, -0.2) is 61.6 Å². The van der Waals surface area contributed by atoms with Crippen molar-refractivity contribution in [2.45, 2.75) is 0 Å². The Balaban J connectivity index is 0.000000337. The van der Waals surface area contributed by atoms with Gasteiger partial charge in [-0.15, -0.1) is 10.2 Å². The van der Waals surface area contributed by atoms with Gasteiger partial charge in [-0.25, -0.2) is 0 Å². The van der Waals surface area contributed by atoms with Gasteiger partial charge in [-0.3, -0.25) is 10.4 Å². The van der Waals surface area contributed by atoms with Crippen molar-refractivity contribution in [2.75, 3.05) is 0 Å². The second-order valence-electron chi connectivity index (χ2n) is 1.88. The highest BCUT2D eigenvalue weighted by atomic mass is 16.7. The first-order valence-electron chi connectivity index (χ1n) is 3.19. The predicted molar refractivity (Wildman–Crippen MR) is 35.7 cm³/mol. The highest BCUT2D eigenvalue weighted by molar-refractivity contribution is 5.39. The van der Waals surface area contributed by atoms with Gasteiger partial charge in [0.15, 0.2) is 0 Å². The zero-order valence-corrected chi connectivity index (χ0v) is 6.87. The van der Waals surface area contributed by atoms with Gasteiger partial charge in [0.25, 0.3) is 11.6 Å². The zero-order chi connectivity index (χ0) is 11.3. The molecule has 13 heteroatoms. The van der Waals surface area contributed by atoms with Gasteiger partial charge in [-0.2, -0.15) is 0 Å².